The molecule has 1 amide bonds. The van der Waals surface area contributed by atoms with E-state index in [4.69, 9.17) is 0 Å². The van der Waals surface area contributed by atoms with Gasteiger partial charge in [0, 0.05) is 10.6 Å². The van der Waals surface area contributed by atoms with Crippen LogP contribution in [0.25, 0.3) is 0 Å². The summed E-state index contributed by atoms with van der Waals surface area (Å²) in [4.78, 5) is 14.3. The number of amides is 1. The highest BCUT2D eigenvalue weighted by molar-refractivity contribution is 7.98. The Morgan fingerprint density at radius 1 is 1.56 bits per heavy atom. The molecule has 2 N–H and O–H groups in total. The Morgan fingerprint density at radius 2 is 2.28 bits per heavy atom. The molecule has 0 aliphatic carbocycles. The van der Waals surface area contributed by atoms with Crippen LogP contribution < -0.4 is 5.32 Å². The molecule has 0 spiro atoms. The van der Waals surface area contributed by atoms with E-state index in [1.165, 1.54) is 10.4 Å². The lowest BCUT2D eigenvalue weighted by atomic mass is 9.99. The predicted octanol–water partition coefficient (Wildman–Crippen LogP) is 2.43. The van der Waals surface area contributed by atoms with Gasteiger partial charge in [0.05, 0.1) is 16.5 Å². The van der Waals surface area contributed by atoms with Crippen LogP contribution in [0, 0.1) is 0 Å². The number of aliphatic hydroxyl groups excluding tert-OH is 1. The molecule has 1 unspecified atom stereocenters. The Labute approximate surface area is 116 Å². The first kappa shape index (κ1) is 13.9. The maximum atomic E-state index is 12.2. The standard InChI is InChI=1S/C13H19NO2S2/c1-8(15)13(2,3)14-12(16)11-6-9-7-17-5-4-10(9)18-11/h6,8,15H,4-5,7H2,1-3H3,(H,14,16). The van der Waals surface area contributed by atoms with Crippen LogP contribution >= 0.6 is 23.1 Å². The zero-order valence-electron chi connectivity index (χ0n) is 10.9. The Hall–Kier alpha value is -0.520. The van der Waals surface area contributed by atoms with E-state index in [1.54, 1.807) is 18.3 Å². The number of thiophene rings is 1. The summed E-state index contributed by atoms with van der Waals surface area (Å²) in [6.07, 6.45) is 0.490. The van der Waals surface area contributed by atoms with E-state index in [9.17, 15) is 9.90 Å². The van der Waals surface area contributed by atoms with Crippen molar-refractivity contribution in [3.05, 3.63) is 21.4 Å². The van der Waals surface area contributed by atoms with Gasteiger partial charge in [-0.2, -0.15) is 11.8 Å². The number of fused-ring (bicyclic) bond motifs is 1. The van der Waals surface area contributed by atoms with E-state index in [2.05, 4.69) is 5.32 Å². The van der Waals surface area contributed by atoms with Crippen molar-refractivity contribution in [2.75, 3.05) is 5.75 Å². The number of rotatable bonds is 3. The Morgan fingerprint density at radius 3 is 2.89 bits per heavy atom. The molecule has 1 aromatic rings. The van der Waals surface area contributed by atoms with Crippen molar-refractivity contribution in [2.45, 2.75) is 44.6 Å². The van der Waals surface area contributed by atoms with Crippen LogP contribution in [0.4, 0.5) is 0 Å². The third-order valence-corrected chi connectivity index (χ3v) is 5.58. The van der Waals surface area contributed by atoms with Gasteiger partial charge >= 0.3 is 0 Å². The number of hydrogen-bond acceptors (Lipinski definition) is 4. The lowest BCUT2D eigenvalue weighted by molar-refractivity contribution is 0.0712. The first-order valence-electron chi connectivity index (χ1n) is 6.10. The minimum Gasteiger partial charge on any atom is -0.391 e. The summed E-state index contributed by atoms with van der Waals surface area (Å²) in [5, 5.41) is 12.5. The first-order valence-corrected chi connectivity index (χ1v) is 8.07. The molecule has 1 aliphatic rings. The summed E-state index contributed by atoms with van der Waals surface area (Å²) in [5.74, 6) is 2.08. The predicted molar refractivity (Wildman–Crippen MR) is 77.4 cm³/mol. The van der Waals surface area contributed by atoms with Crippen LogP contribution in [0.3, 0.4) is 0 Å². The van der Waals surface area contributed by atoms with Gasteiger partial charge in [0.25, 0.3) is 5.91 Å². The van der Waals surface area contributed by atoms with Crippen LogP contribution in [-0.4, -0.2) is 28.4 Å². The minimum atomic E-state index is -0.601. The molecule has 0 bridgehead atoms. The van der Waals surface area contributed by atoms with Crippen LogP contribution in [0.5, 0.6) is 0 Å². The molecular formula is C13H19NO2S2. The molecule has 0 saturated heterocycles. The quantitative estimate of drug-likeness (QED) is 0.897. The number of hydrogen-bond donors (Lipinski definition) is 2. The molecule has 1 aliphatic heterocycles. The summed E-state index contributed by atoms with van der Waals surface area (Å²) >= 11 is 3.50. The monoisotopic (exact) mass is 285 g/mol. The molecule has 18 heavy (non-hydrogen) atoms. The van der Waals surface area contributed by atoms with Crippen molar-refractivity contribution in [3.63, 3.8) is 0 Å². The maximum Gasteiger partial charge on any atom is 0.261 e. The zero-order valence-corrected chi connectivity index (χ0v) is 12.6. The second-order valence-electron chi connectivity index (χ2n) is 5.21. The molecule has 0 fully saturated rings. The fourth-order valence-corrected chi connectivity index (χ4v) is 3.99. The normalized spacial score (nSPS) is 17.1. The van der Waals surface area contributed by atoms with Crippen molar-refractivity contribution in [1.29, 1.82) is 0 Å². The highest BCUT2D eigenvalue weighted by Crippen LogP contribution is 2.31. The van der Waals surface area contributed by atoms with Gasteiger partial charge in [0.2, 0.25) is 0 Å². The Balaban J connectivity index is 2.12. The van der Waals surface area contributed by atoms with Crippen molar-refractivity contribution < 1.29 is 9.90 Å². The fourth-order valence-electron chi connectivity index (χ4n) is 1.72. The average Bonchev–Trinajstić information content (AvgIpc) is 2.71. The fraction of sp³-hybridized carbons (Fsp3) is 0.615. The topological polar surface area (TPSA) is 49.3 Å². The summed E-state index contributed by atoms with van der Waals surface area (Å²) in [5.41, 5.74) is 0.701. The van der Waals surface area contributed by atoms with E-state index in [0.717, 1.165) is 22.8 Å². The molecule has 0 radical (unpaired) electrons. The molecule has 1 atom stereocenters. The number of aliphatic hydroxyl groups is 1. The second-order valence-corrected chi connectivity index (χ2v) is 7.46. The molecule has 2 heterocycles. The second kappa shape index (κ2) is 5.23. The molecule has 0 aromatic carbocycles. The minimum absolute atomic E-state index is 0.0784. The van der Waals surface area contributed by atoms with Crippen LogP contribution in [0.2, 0.25) is 0 Å². The molecular weight excluding hydrogens is 266 g/mol. The van der Waals surface area contributed by atoms with E-state index >= 15 is 0 Å². The largest absolute Gasteiger partial charge is 0.391 e. The number of nitrogens with one attached hydrogen (secondary N) is 1. The van der Waals surface area contributed by atoms with E-state index in [1.807, 2.05) is 31.7 Å². The summed E-state index contributed by atoms with van der Waals surface area (Å²) in [6.45, 7) is 5.36. The molecule has 3 nitrogen and oxygen atoms in total. The average molecular weight is 285 g/mol. The van der Waals surface area contributed by atoms with Gasteiger partial charge in [-0.3, -0.25) is 4.79 Å². The third-order valence-electron chi connectivity index (χ3n) is 3.33. The van der Waals surface area contributed by atoms with Crippen molar-refractivity contribution in [2.24, 2.45) is 0 Å². The molecule has 1 aromatic heterocycles. The highest BCUT2D eigenvalue weighted by Gasteiger charge is 2.27. The zero-order chi connectivity index (χ0) is 13.3. The number of thioether (sulfide) groups is 1. The van der Waals surface area contributed by atoms with Crippen molar-refractivity contribution >= 4 is 29.0 Å². The summed E-state index contributed by atoms with van der Waals surface area (Å²) in [7, 11) is 0. The summed E-state index contributed by atoms with van der Waals surface area (Å²) in [6, 6.07) is 2.00. The van der Waals surface area contributed by atoms with Gasteiger partial charge in [0.15, 0.2) is 0 Å². The van der Waals surface area contributed by atoms with Crippen LogP contribution in [-0.2, 0) is 12.2 Å². The first-order chi connectivity index (χ1) is 8.40. The van der Waals surface area contributed by atoms with Gasteiger partial charge < -0.3 is 10.4 Å². The molecule has 100 valence electrons. The van der Waals surface area contributed by atoms with E-state index < -0.39 is 11.6 Å². The summed E-state index contributed by atoms with van der Waals surface area (Å²) < 4.78 is 0. The van der Waals surface area contributed by atoms with Crippen molar-refractivity contribution in [1.82, 2.24) is 5.32 Å². The molecule has 0 saturated carbocycles. The number of aryl methyl sites for hydroxylation is 1. The van der Waals surface area contributed by atoms with E-state index in [-0.39, 0.29) is 5.91 Å². The van der Waals surface area contributed by atoms with E-state index in [0.29, 0.717) is 0 Å². The molecule has 2 rings (SSSR count). The lowest BCUT2D eigenvalue weighted by Gasteiger charge is -2.29. The van der Waals surface area contributed by atoms with Gasteiger partial charge in [-0.25, -0.2) is 0 Å². The van der Waals surface area contributed by atoms with Gasteiger partial charge in [-0.1, -0.05) is 0 Å². The highest BCUT2D eigenvalue weighted by atomic mass is 32.2. The Bertz CT molecular complexity index is 428. The van der Waals surface area contributed by atoms with Crippen molar-refractivity contribution in [3.8, 4) is 0 Å². The van der Waals surface area contributed by atoms with Crippen LogP contribution in [0.15, 0.2) is 6.07 Å². The van der Waals surface area contributed by atoms with Gasteiger partial charge in [0.1, 0.15) is 0 Å². The smallest absolute Gasteiger partial charge is 0.261 e. The maximum absolute atomic E-state index is 12.2. The third kappa shape index (κ3) is 2.90. The van der Waals surface area contributed by atoms with Gasteiger partial charge in [-0.05, 0) is 44.6 Å². The SMILES string of the molecule is CC(O)C(C)(C)NC(=O)c1cc2c(s1)CCSC2. The number of carbonyl (C=O) groups excluding carboxylic acids is 1. The number of carbonyl (C=O) groups is 1. The van der Waals surface area contributed by atoms with Crippen LogP contribution in [0.1, 0.15) is 40.9 Å². The van der Waals surface area contributed by atoms with Gasteiger partial charge in [-0.15, -0.1) is 11.3 Å². The molecule has 5 heteroatoms. The Kier molecular flexibility index (Phi) is 4.04. The lowest BCUT2D eigenvalue weighted by Crippen LogP contribution is -2.50.